The second-order valence-electron chi connectivity index (χ2n) is 4.37. The van der Waals surface area contributed by atoms with Crippen LogP contribution in [0.2, 0.25) is 0 Å². The molecule has 0 aliphatic heterocycles. The summed E-state index contributed by atoms with van der Waals surface area (Å²) in [6, 6.07) is 6.88. The van der Waals surface area contributed by atoms with Crippen molar-refractivity contribution < 1.29 is 32.2 Å². The van der Waals surface area contributed by atoms with Gasteiger partial charge in [-0.3, -0.25) is 4.79 Å². The first-order chi connectivity index (χ1) is 10.4. The van der Waals surface area contributed by atoms with E-state index in [1.165, 1.54) is 12.1 Å². The molecule has 0 amide bonds. The van der Waals surface area contributed by atoms with Gasteiger partial charge in [0.15, 0.2) is 5.78 Å². The van der Waals surface area contributed by atoms with E-state index in [9.17, 15) is 27.5 Å². The van der Waals surface area contributed by atoms with Crippen LogP contribution in [-0.4, -0.2) is 17.5 Å². The van der Waals surface area contributed by atoms with Crippen molar-refractivity contribution in [2.75, 3.05) is 0 Å². The van der Waals surface area contributed by atoms with Crippen molar-refractivity contribution in [1.29, 1.82) is 0 Å². The summed E-state index contributed by atoms with van der Waals surface area (Å²) < 4.78 is 54.3. The third-order valence-corrected chi connectivity index (χ3v) is 2.82. The van der Waals surface area contributed by atoms with Crippen LogP contribution in [-0.2, 0) is 0 Å². The standard InChI is InChI=1S/C15H10F4O3/c16-10-5-9(6-11(17)7-10)14(21)13(20)8-1-3-12(4-2-8)22-15(18)19/h1-7,13,15,20H. The smallest absolute Gasteiger partial charge is 0.387 e. The van der Waals surface area contributed by atoms with Crippen molar-refractivity contribution in [3.63, 3.8) is 0 Å². The van der Waals surface area contributed by atoms with Gasteiger partial charge in [-0.15, -0.1) is 0 Å². The lowest BCUT2D eigenvalue weighted by Gasteiger charge is -2.11. The number of aliphatic hydroxyl groups excluding tert-OH is 1. The van der Waals surface area contributed by atoms with Crippen LogP contribution in [0, 0.1) is 11.6 Å². The van der Waals surface area contributed by atoms with Crippen LogP contribution < -0.4 is 4.74 Å². The second-order valence-corrected chi connectivity index (χ2v) is 4.37. The van der Waals surface area contributed by atoms with E-state index in [0.29, 0.717) is 6.07 Å². The summed E-state index contributed by atoms with van der Waals surface area (Å²) in [5, 5.41) is 9.91. The minimum atomic E-state index is -2.99. The Morgan fingerprint density at radius 2 is 1.55 bits per heavy atom. The SMILES string of the molecule is O=C(c1cc(F)cc(F)c1)C(O)c1ccc(OC(F)F)cc1. The highest BCUT2D eigenvalue weighted by molar-refractivity contribution is 5.99. The fourth-order valence-corrected chi connectivity index (χ4v) is 1.84. The average Bonchev–Trinajstić information content (AvgIpc) is 2.45. The maximum atomic E-state index is 13.1. The van der Waals surface area contributed by atoms with Crippen LogP contribution in [0.1, 0.15) is 22.0 Å². The molecule has 3 nitrogen and oxygen atoms in total. The lowest BCUT2D eigenvalue weighted by molar-refractivity contribution is -0.0498. The topological polar surface area (TPSA) is 46.5 Å². The number of Topliss-reactive ketones (excluding diaryl/α,β-unsaturated/α-hetero) is 1. The monoisotopic (exact) mass is 314 g/mol. The van der Waals surface area contributed by atoms with Crippen molar-refractivity contribution >= 4 is 5.78 Å². The molecule has 1 unspecified atom stereocenters. The van der Waals surface area contributed by atoms with Gasteiger partial charge in [-0.25, -0.2) is 8.78 Å². The molecule has 1 atom stereocenters. The third-order valence-electron chi connectivity index (χ3n) is 2.82. The van der Waals surface area contributed by atoms with E-state index in [0.717, 1.165) is 24.3 Å². The second kappa shape index (κ2) is 6.57. The maximum absolute atomic E-state index is 13.1. The van der Waals surface area contributed by atoms with E-state index in [-0.39, 0.29) is 16.9 Å². The highest BCUT2D eigenvalue weighted by Gasteiger charge is 2.20. The molecule has 0 saturated carbocycles. The molecule has 0 aliphatic carbocycles. The number of carbonyl (C=O) groups is 1. The lowest BCUT2D eigenvalue weighted by atomic mass is 10.00. The number of hydrogen-bond acceptors (Lipinski definition) is 3. The van der Waals surface area contributed by atoms with Crippen molar-refractivity contribution in [1.82, 2.24) is 0 Å². The van der Waals surface area contributed by atoms with Gasteiger partial charge < -0.3 is 9.84 Å². The molecule has 2 aromatic rings. The fourth-order valence-electron chi connectivity index (χ4n) is 1.84. The van der Waals surface area contributed by atoms with E-state index < -0.39 is 30.1 Å². The van der Waals surface area contributed by atoms with Crippen LogP contribution in [0.15, 0.2) is 42.5 Å². The molecule has 7 heteroatoms. The first-order valence-corrected chi connectivity index (χ1v) is 6.10. The van der Waals surface area contributed by atoms with Gasteiger partial charge in [0.1, 0.15) is 23.5 Å². The number of hydrogen-bond donors (Lipinski definition) is 1. The van der Waals surface area contributed by atoms with Crippen molar-refractivity contribution in [2.24, 2.45) is 0 Å². The number of halogens is 4. The van der Waals surface area contributed by atoms with Crippen molar-refractivity contribution in [3.8, 4) is 5.75 Å². The number of aliphatic hydroxyl groups is 1. The minimum absolute atomic E-state index is 0.0799. The molecule has 0 aliphatic rings. The van der Waals surface area contributed by atoms with E-state index in [1.54, 1.807) is 0 Å². The third kappa shape index (κ3) is 3.82. The molecule has 0 heterocycles. The van der Waals surface area contributed by atoms with Crippen LogP contribution in [0.4, 0.5) is 17.6 Å². The summed E-state index contributed by atoms with van der Waals surface area (Å²) in [5.41, 5.74) is -0.255. The predicted molar refractivity (Wildman–Crippen MR) is 68.7 cm³/mol. The predicted octanol–water partition coefficient (Wildman–Crippen LogP) is 3.48. The molecule has 2 aromatic carbocycles. The van der Waals surface area contributed by atoms with Gasteiger partial charge in [0.2, 0.25) is 0 Å². The number of benzene rings is 2. The Bertz CT molecular complexity index is 651. The van der Waals surface area contributed by atoms with E-state index in [1.807, 2.05) is 0 Å². The van der Waals surface area contributed by atoms with E-state index in [4.69, 9.17) is 0 Å². The molecule has 0 radical (unpaired) electrons. The first-order valence-electron chi connectivity index (χ1n) is 6.10. The largest absolute Gasteiger partial charge is 0.435 e. The van der Waals surface area contributed by atoms with Crippen molar-refractivity contribution in [3.05, 3.63) is 65.2 Å². The lowest BCUT2D eigenvalue weighted by Crippen LogP contribution is -2.13. The van der Waals surface area contributed by atoms with E-state index in [2.05, 4.69) is 4.74 Å². The Hall–Kier alpha value is -2.41. The van der Waals surface area contributed by atoms with Gasteiger partial charge in [-0.2, -0.15) is 8.78 Å². The zero-order valence-electron chi connectivity index (χ0n) is 11.0. The number of alkyl halides is 2. The molecule has 116 valence electrons. The average molecular weight is 314 g/mol. The number of rotatable bonds is 5. The summed E-state index contributed by atoms with van der Waals surface area (Å²) in [5.74, 6) is -2.96. The van der Waals surface area contributed by atoms with Gasteiger partial charge >= 0.3 is 6.61 Å². The molecule has 0 fully saturated rings. The van der Waals surface area contributed by atoms with Crippen molar-refractivity contribution in [2.45, 2.75) is 12.7 Å². The van der Waals surface area contributed by atoms with Crippen LogP contribution >= 0.6 is 0 Å². The summed E-state index contributed by atoms with van der Waals surface area (Å²) >= 11 is 0. The zero-order valence-corrected chi connectivity index (χ0v) is 11.0. The van der Waals surface area contributed by atoms with Crippen LogP contribution in [0.5, 0.6) is 5.75 Å². The fraction of sp³-hybridized carbons (Fsp3) is 0.133. The maximum Gasteiger partial charge on any atom is 0.387 e. The van der Waals surface area contributed by atoms with Crippen LogP contribution in [0.25, 0.3) is 0 Å². The molecule has 2 rings (SSSR count). The zero-order chi connectivity index (χ0) is 16.3. The van der Waals surface area contributed by atoms with Crippen LogP contribution in [0.3, 0.4) is 0 Å². The minimum Gasteiger partial charge on any atom is -0.435 e. The summed E-state index contributed by atoms with van der Waals surface area (Å²) in [6.45, 7) is -2.99. The summed E-state index contributed by atoms with van der Waals surface area (Å²) in [4.78, 5) is 12.0. The molecular formula is C15H10F4O3. The molecule has 0 bridgehead atoms. The Balaban J connectivity index is 2.19. The molecule has 0 saturated heterocycles. The Labute approximate surface area is 122 Å². The molecular weight excluding hydrogens is 304 g/mol. The molecule has 0 spiro atoms. The van der Waals surface area contributed by atoms with Gasteiger partial charge in [-0.1, -0.05) is 12.1 Å². The van der Waals surface area contributed by atoms with Gasteiger partial charge in [0.25, 0.3) is 0 Å². The quantitative estimate of drug-likeness (QED) is 0.679. The molecule has 1 N–H and O–H groups in total. The van der Waals surface area contributed by atoms with E-state index >= 15 is 0 Å². The number of carbonyl (C=O) groups excluding carboxylic acids is 1. The van der Waals surface area contributed by atoms with Gasteiger partial charge in [-0.05, 0) is 29.8 Å². The Morgan fingerprint density at radius 3 is 2.05 bits per heavy atom. The Kier molecular flexibility index (Phi) is 4.77. The van der Waals surface area contributed by atoms with Gasteiger partial charge in [0.05, 0.1) is 0 Å². The summed E-state index contributed by atoms with van der Waals surface area (Å²) in [7, 11) is 0. The van der Waals surface area contributed by atoms with Gasteiger partial charge in [0, 0.05) is 11.6 Å². The first kappa shape index (κ1) is 16.0. The highest BCUT2D eigenvalue weighted by atomic mass is 19.3. The number of ether oxygens (including phenoxy) is 1. The normalized spacial score (nSPS) is 12.3. The summed E-state index contributed by atoms with van der Waals surface area (Å²) in [6.07, 6.45) is -1.68. The highest BCUT2D eigenvalue weighted by Crippen LogP contribution is 2.23. The Morgan fingerprint density at radius 1 is 1.00 bits per heavy atom. The molecule has 22 heavy (non-hydrogen) atoms. The number of ketones is 1. The molecule has 0 aromatic heterocycles.